The van der Waals surface area contributed by atoms with Crippen LogP contribution in [0.5, 0.6) is 0 Å². The van der Waals surface area contributed by atoms with Crippen molar-refractivity contribution < 1.29 is 42.8 Å². The first-order valence-corrected chi connectivity index (χ1v) is 22.9. The van der Waals surface area contributed by atoms with Crippen molar-refractivity contribution in [1.29, 1.82) is 0 Å². The van der Waals surface area contributed by atoms with Gasteiger partial charge < -0.3 is 16.0 Å². The van der Waals surface area contributed by atoms with E-state index in [1.807, 2.05) is 36.4 Å². The number of ketones is 2. The smallest absolute Gasteiger partial charge is 0.251 e. The van der Waals surface area contributed by atoms with E-state index in [9.17, 15) is 37.5 Å². The molecule has 4 aromatic carbocycles. The lowest BCUT2D eigenvalue weighted by Gasteiger charge is -2.14. The van der Waals surface area contributed by atoms with Crippen molar-refractivity contribution in [3.8, 4) is 0 Å². The molecule has 0 bridgehead atoms. The van der Waals surface area contributed by atoms with Gasteiger partial charge in [0.25, 0.3) is 11.8 Å². The maximum absolute atomic E-state index is 13.1. The van der Waals surface area contributed by atoms with Crippen LogP contribution in [0.3, 0.4) is 0 Å². The summed E-state index contributed by atoms with van der Waals surface area (Å²) in [5.41, 5.74) is 8.88. The molecule has 0 spiro atoms. The van der Waals surface area contributed by atoms with Gasteiger partial charge >= 0.3 is 0 Å². The van der Waals surface area contributed by atoms with Gasteiger partial charge in [-0.05, 0) is 145 Å². The number of nitrogens with one attached hydrogen (secondary N) is 4. The number of aryl methyl sites for hydroxylation is 2. The molecule has 2 aliphatic carbocycles. The number of benzene rings is 4. The molecular weight excluding hydrogens is 843 g/mol. The Morgan fingerprint density at radius 3 is 1.33 bits per heavy atom. The number of hydrogen-bond acceptors (Lipinski definition) is 7. The van der Waals surface area contributed by atoms with Gasteiger partial charge in [0.2, 0.25) is 11.8 Å². The fourth-order valence-corrected chi connectivity index (χ4v) is 8.07. The molecule has 348 valence electrons. The minimum absolute atomic E-state index is 0.0601. The van der Waals surface area contributed by atoms with Crippen LogP contribution in [0, 0.1) is 11.6 Å². The standard InChI is InChI=1S/C27H31FN2O3.C26H29FN2O4/c1-29-26(32)7-5-3-2-4-6-23(31)15-8-19-9-16-24-21(18-19)12-17-25(24)30-27(33)20-10-13-22(28)14-11-20;27-21-12-9-19(10-13-21)26(32)28-24-16-11-20-17-18(8-15-23(20)24)7-14-22(30)5-3-1-2-4-6-25(31)29-33/h8-11,13-16,18,25H,2-7,12,17H2,1H3,(H,29,32)(H,30,33);7-10,12-15,17,24,33H,1-6,11,16H2,(H,28,32)(H,29,31)/b15-8+;14-7+. The average molecular weight is 903 g/mol. The van der Waals surface area contributed by atoms with E-state index < -0.39 is 0 Å². The van der Waals surface area contributed by atoms with Gasteiger partial charge in [0.05, 0.1) is 12.1 Å². The van der Waals surface area contributed by atoms with Crippen LogP contribution in [0.2, 0.25) is 0 Å². The molecule has 0 saturated carbocycles. The van der Waals surface area contributed by atoms with Gasteiger partial charge in [-0.1, -0.05) is 74.2 Å². The first kappa shape index (κ1) is 50.4. The number of allylic oxidation sites excluding steroid dienone is 2. The van der Waals surface area contributed by atoms with Crippen LogP contribution in [0.1, 0.15) is 156 Å². The molecule has 66 heavy (non-hydrogen) atoms. The second-order valence-corrected chi connectivity index (χ2v) is 16.7. The zero-order chi connectivity index (χ0) is 47.3. The third-order valence-electron chi connectivity index (χ3n) is 11.8. The summed E-state index contributed by atoms with van der Waals surface area (Å²) in [5, 5.41) is 17.1. The third-order valence-corrected chi connectivity index (χ3v) is 11.8. The van der Waals surface area contributed by atoms with E-state index in [4.69, 9.17) is 5.21 Å². The average Bonchev–Trinajstić information content (AvgIpc) is 3.92. The van der Waals surface area contributed by atoms with E-state index >= 15 is 0 Å². The predicted molar refractivity (Wildman–Crippen MR) is 250 cm³/mol. The van der Waals surface area contributed by atoms with Crippen molar-refractivity contribution in [3.05, 3.63) is 153 Å². The molecule has 0 fully saturated rings. The summed E-state index contributed by atoms with van der Waals surface area (Å²) in [5.74, 6) is -1.33. The van der Waals surface area contributed by atoms with Gasteiger partial charge in [0, 0.05) is 43.9 Å². The molecule has 6 rings (SSSR count). The van der Waals surface area contributed by atoms with Crippen LogP contribution in [0.15, 0.2) is 97.1 Å². The normalized spacial score (nSPS) is 14.8. The number of amides is 4. The maximum atomic E-state index is 13.1. The molecule has 0 heterocycles. The quantitative estimate of drug-likeness (QED) is 0.0226. The monoisotopic (exact) mass is 902 g/mol. The van der Waals surface area contributed by atoms with E-state index in [0.717, 1.165) is 98.4 Å². The zero-order valence-corrected chi connectivity index (χ0v) is 37.5. The molecule has 5 N–H and O–H groups in total. The molecule has 2 aliphatic rings. The van der Waals surface area contributed by atoms with Crippen molar-refractivity contribution in [2.45, 2.75) is 115 Å². The molecule has 4 aromatic rings. The molecule has 2 unspecified atom stereocenters. The Bertz CT molecular complexity index is 2200. The van der Waals surface area contributed by atoms with Crippen LogP contribution in [-0.2, 0) is 32.0 Å². The van der Waals surface area contributed by atoms with Crippen LogP contribution in [0.4, 0.5) is 8.78 Å². The fraction of sp³-hybridized carbons (Fsp3) is 0.358. The zero-order valence-electron chi connectivity index (χ0n) is 37.5. The SMILES string of the molecule is CNC(=O)CCCCCCC(=O)/C=C/c1ccc2c(c1)CCC2NC(=O)c1ccc(F)cc1.O=C(/C=C/c1ccc2c(c1)CCC2NC(=O)c1ccc(F)cc1)CCCCCCC(=O)NO. The Labute approximate surface area is 385 Å². The number of carbonyl (C=O) groups is 6. The highest BCUT2D eigenvalue weighted by Crippen LogP contribution is 2.33. The van der Waals surface area contributed by atoms with Gasteiger partial charge in [0.15, 0.2) is 11.6 Å². The van der Waals surface area contributed by atoms with Gasteiger partial charge in [-0.2, -0.15) is 0 Å². The second-order valence-electron chi connectivity index (χ2n) is 16.7. The lowest BCUT2D eigenvalue weighted by atomic mass is 10.0. The Kier molecular flexibility index (Phi) is 20.1. The van der Waals surface area contributed by atoms with Gasteiger partial charge in [-0.3, -0.25) is 34.0 Å². The first-order valence-electron chi connectivity index (χ1n) is 22.9. The molecule has 0 radical (unpaired) electrons. The number of unbranched alkanes of at least 4 members (excludes halogenated alkanes) is 6. The summed E-state index contributed by atoms with van der Waals surface area (Å²) in [6.45, 7) is 0. The highest BCUT2D eigenvalue weighted by Gasteiger charge is 2.26. The van der Waals surface area contributed by atoms with Crippen molar-refractivity contribution in [2.24, 2.45) is 0 Å². The van der Waals surface area contributed by atoms with Crippen LogP contribution < -0.4 is 21.4 Å². The molecule has 2 atom stereocenters. The van der Waals surface area contributed by atoms with Crippen molar-refractivity contribution in [1.82, 2.24) is 21.4 Å². The highest BCUT2D eigenvalue weighted by atomic mass is 19.1. The van der Waals surface area contributed by atoms with Crippen LogP contribution in [0.25, 0.3) is 12.2 Å². The molecule has 11 nitrogen and oxygen atoms in total. The molecule has 0 saturated heterocycles. The molecule has 0 aliphatic heterocycles. The van der Waals surface area contributed by atoms with Crippen LogP contribution >= 0.6 is 0 Å². The molecule has 4 amide bonds. The van der Waals surface area contributed by atoms with Crippen molar-refractivity contribution in [2.75, 3.05) is 7.05 Å². The van der Waals surface area contributed by atoms with E-state index in [2.05, 4.69) is 28.1 Å². The number of halogens is 2. The first-order chi connectivity index (χ1) is 31.9. The Hall–Kier alpha value is -6.60. The fourth-order valence-electron chi connectivity index (χ4n) is 8.07. The molecular formula is C53H60F2N4O7. The van der Waals surface area contributed by atoms with Gasteiger partial charge in [-0.25, -0.2) is 14.3 Å². The van der Waals surface area contributed by atoms with Gasteiger partial charge in [-0.15, -0.1) is 0 Å². The lowest BCUT2D eigenvalue weighted by molar-refractivity contribution is -0.129. The second kappa shape index (κ2) is 26.4. The number of rotatable bonds is 22. The Morgan fingerprint density at radius 2 is 0.939 bits per heavy atom. The van der Waals surface area contributed by atoms with Crippen molar-refractivity contribution in [3.63, 3.8) is 0 Å². The van der Waals surface area contributed by atoms with E-state index in [1.165, 1.54) is 54.1 Å². The minimum atomic E-state index is -0.384. The van der Waals surface area contributed by atoms with Gasteiger partial charge in [0.1, 0.15) is 11.6 Å². The summed E-state index contributed by atoms with van der Waals surface area (Å²) in [6.07, 6.45) is 18.8. The summed E-state index contributed by atoms with van der Waals surface area (Å²) >= 11 is 0. The number of hydrogen-bond donors (Lipinski definition) is 5. The Balaban J connectivity index is 0.000000247. The predicted octanol–water partition coefficient (Wildman–Crippen LogP) is 9.58. The number of carbonyl (C=O) groups excluding carboxylic acids is 6. The van der Waals surface area contributed by atoms with E-state index in [0.29, 0.717) is 43.2 Å². The van der Waals surface area contributed by atoms with E-state index in [-0.39, 0.29) is 58.9 Å². The number of hydroxylamine groups is 1. The summed E-state index contributed by atoms with van der Waals surface area (Å²) < 4.78 is 26.1. The summed E-state index contributed by atoms with van der Waals surface area (Å²) in [4.78, 5) is 71.3. The number of fused-ring (bicyclic) bond motifs is 2. The minimum Gasteiger partial charge on any atom is -0.359 e. The summed E-state index contributed by atoms with van der Waals surface area (Å²) in [7, 11) is 1.64. The van der Waals surface area contributed by atoms with Crippen LogP contribution in [-0.4, -0.2) is 47.5 Å². The topological polar surface area (TPSA) is 171 Å². The third kappa shape index (κ3) is 16.4. The Morgan fingerprint density at radius 1 is 0.545 bits per heavy atom. The maximum Gasteiger partial charge on any atom is 0.251 e. The largest absolute Gasteiger partial charge is 0.359 e. The van der Waals surface area contributed by atoms with E-state index in [1.54, 1.807) is 24.7 Å². The summed E-state index contributed by atoms with van der Waals surface area (Å²) in [6, 6.07) is 22.9. The molecule has 0 aromatic heterocycles. The van der Waals surface area contributed by atoms with Crippen molar-refractivity contribution >= 4 is 47.3 Å². The molecule has 13 heteroatoms. The lowest BCUT2D eigenvalue weighted by Crippen LogP contribution is -2.27. The highest BCUT2D eigenvalue weighted by molar-refractivity contribution is 5.96.